The molecule has 0 aliphatic rings. The first-order valence-corrected chi connectivity index (χ1v) is 4.60. The van der Waals surface area contributed by atoms with Gasteiger partial charge in [-0.05, 0) is 18.2 Å². The van der Waals surface area contributed by atoms with Crippen molar-refractivity contribution < 1.29 is 14.6 Å². The molecule has 0 bridgehead atoms. The van der Waals surface area contributed by atoms with Gasteiger partial charge in [0.25, 0.3) is 0 Å². The van der Waals surface area contributed by atoms with Crippen LogP contribution in [0.2, 0.25) is 5.02 Å². The van der Waals surface area contributed by atoms with E-state index in [-0.39, 0.29) is 5.69 Å². The molecule has 1 aromatic heterocycles. The Morgan fingerprint density at radius 3 is 2.87 bits per heavy atom. The highest BCUT2D eigenvalue weighted by Crippen LogP contribution is 2.31. The van der Waals surface area contributed by atoms with Gasteiger partial charge in [0.2, 0.25) is 0 Å². The molecule has 0 saturated heterocycles. The number of carboxylic acids is 1. The maximum atomic E-state index is 10.8. The highest BCUT2D eigenvalue weighted by Gasteiger charge is 2.12. The number of carboxylic acid groups (broad SMARTS) is 1. The number of aromatic carboxylic acids is 1. The van der Waals surface area contributed by atoms with Crippen molar-refractivity contribution in [1.82, 2.24) is 4.98 Å². The fraction of sp³-hybridized carbons (Fsp3) is 0.100. The lowest BCUT2D eigenvalue weighted by atomic mass is 10.2. The van der Waals surface area contributed by atoms with E-state index in [1.54, 1.807) is 12.1 Å². The van der Waals surface area contributed by atoms with Crippen molar-refractivity contribution in [1.29, 1.82) is 0 Å². The average Bonchev–Trinajstić information content (AvgIpc) is 2.64. The van der Waals surface area contributed by atoms with Crippen LogP contribution >= 0.6 is 11.6 Å². The zero-order valence-electron chi connectivity index (χ0n) is 7.87. The molecule has 0 fully saturated rings. The van der Waals surface area contributed by atoms with Crippen LogP contribution in [0.15, 0.2) is 18.2 Å². The maximum absolute atomic E-state index is 10.8. The lowest BCUT2D eigenvalue weighted by Gasteiger charge is -2.01. The highest BCUT2D eigenvalue weighted by molar-refractivity contribution is 6.35. The number of carbonyl (C=O) groups is 1. The van der Waals surface area contributed by atoms with Gasteiger partial charge < -0.3 is 14.8 Å². The van der Waals surface area contributed by atoms with Crippen LogP contribution in [0.5, 0.6) is 5.75 Å². The molecule has 2 aromatic rings. The molecule has 2 N–H and O–H groups in total. The minimum atomic E-state index is -1.02. The summed E-state index contributed by atoms with van der Waals surface area (Å²) < 4.78 is 5.09. The molecule has 0 amide bonds. The van der Waals surface area contributed by atoms with Crippen molar-refractivity contribution >= 4 is 28.5 Å². The van der Waals surface area contributed by atoms with Crippen molar-refractivity contribution in [3.63, 3.8) is 0 Å². The summed E-state index contributed by atoms with van der Waals surface area (Å²) in [6, 6.07) is 4.84. The molecule has 78 valence electrons. The molecule has 0 aliphatic heterocycles. The van der Waals surface area contributed by atoms with Gasteiger partial charge >= 0.3 is 5.97 Å². The van der Waals surface area contributed by atoms with Gasteiger partial charge in [0, 0.05) is 5.39 Å². The number of aromatic amines is 1. The lowest BCUT2D eigenvalue weighted by molar-refractivity contribution is 0.0691. The Kier molecular flexibility index (Phi) is 2.28. The zero-order valence-corrected chi connectivity index (χ0v) is 8.63. The Morgan fingerprint density at radius 1 is 1.53 bits per heavy atom. The first-order valence-electron chi connectivity index (χ1n) is 4.22. The Balaban J connectivity index is 2.77. The maximum Gasteiger partial charge on any atom is 0.352 e. The first kappa shape index (κ1) is 9.86. The first-order chi connectivity index (χ1) is 7.13. The zero-order chi connectivity index (χ0) is 11.0. The normalized spacial score (nSPS) is 10.5. The van der Waals surface area contributed by atoms with Gasteiger partial charge in [-0.2, -0.15) is 0 Å². The summed E-state index contributed by atoms with van der Waals surface area (Å²) in [7, 11) is 1.52. The number of ether oxygens (including phenoxy) is 1. The number of methoxy groups -OCH3 is 1. The molecule has 0 aliphatic carbocycles. The third-order valence-electron chi connectivity index (χ3n) is 2.15. The lowest BCUT2D eigenvalue weighted by Crippen LogP contribution is -1.95. The van der Waals surface area contributed by atoms with Crippen molar-refractivity contribution in [2.45, 2.75) is 0 Å². The SMILES string of the molecule is COc1ccc(Cl)c2cc(C(=O)O)[nH]c12. The standard InChI is InChI=1S/C10H8ClNO3/c1-15-8-3-2-6(11)5-4-7(10(13)14)12-9(5)8/h2-4,12H,1H3,(H,13,14). The van der Waals surface area contributed by atoms with E-state index in [1.165, 1.54) is 13.2 Å². The van der Waals surface area contributed by atoms with Gasteiger partial charge in [-0.25, -0.2) is 4.79 Å². The topological polar surface area (TPSA) is 62.3 Å². The van der Waals surface area contributed by atoms with Crippen LogP contribution in [0.3, 0.4) is 0 Å². The number of nitrogens with one attached hydrogen (secondary N) is 1. The third-order valence-corrected chi connectivity index (χ3v) is 2.48. The number of hydrogen-bond acceptors (Lipinski definition) is 2. The second-order valence-corrected chi connectivity index (χ2v) is 3.43. The summed E-state index contributed by atoms with van der Waals surface area (Å²) >= 11 is 5.94. The predicted octanol–water partition coefficient (Wildman–Crippen LogP) is 2.53. The Hall–Kier alpha value is -1.68. The summed E-state index contributed by atoms with van der Waals surface area (Å²) in [5.74, 6) is -0.453. The van der Waals surface area contributed by atoms with Gasteiger partial charge in [0.15, 0.2) is 0 Å². The molecule has 1 heterocycles. The molecular weight excluding hydrogens is 218 g/mol. The van der Waals surface area contributed by atoms with E-state index < -0.39 is 5.97 Å². The van der Waals surface area contributed by atoms with E-state index in [0.29, 0.717) is 21.7 Å². The van der Waals surface area contributed by atoms with Gasteiger partial charge in [-0.1, -0.05) is 11.6 Å². The van der Waals surface area contributed by atoms with Gasteiger partial charge in [0.1, 0.15) is 11.4 Å². The molecule has 2 rings (SSSR count). The summed E-state index contributed by atoms with van der Waals surface area (Å²) in [4.78, 5) is 13.5. The quantitative estimate of drug-likeness (QED) is 0.826. The summed E-state index contributed by atoms with van der Waals surface area (Å²) in [5, 5.41) is 9.97. The number of aromatic nitrogens is 1. The van der Waals surface area contributed by atoms with E-state index in [4.69, 9.17) is 21.4 Å². The Labute approximate surface area is 90.4 Å². The van der Waals surface area contributed by atoms with E-state index in [9.17, 15) is 4.79 Å². The summed E-state index contributed by atoms with van der Waals surface area (Å²) in [6.07, 6.45) is 0. The van der Waals surface area contributed by atoms with E-state index in [2.05, 4.69) is 4.98 Å². The monoisotopic (exact) mass is 225 g/mol. The molecule has 0 saturated carbocycles. The molecule has 15 heavy (non-hydrogen) atoms. The van der Waals surface area contributed by atoms with Crippen molar-refractivity contribution in [3.8, 4) is 5.75 Å². The van der Waals surface area contributed by atoms with E-state index >= 15 is 0 Å². The van der Waals surface area contributed by atoms with E-state index in [0.717, 1.165) is 0 Å². The van der Waals surface area contributed by atoms with Crippen LogP contribution < -0.4 is 4.74 Å². The number of halogens is 1. The molecule has 0 radical (unpaired) electrons. The van der Waals surface area contributed by atoms with Crippen molar-refractivity contribution in [2.24, 2.45) is 0 Å². The Bertz CT molecular complexity index is 533. The molecule has 0 unspecified atom stereocenters. The Morgan fingerprint density at radius 2 is 2.27 bits per heavy atom. The molecule has 1 aromatic carbocycles. The second kappa shape index (κ2) is 3.47. The fourth-order valence-electron chi connectivity index (χ4n) is 1.44. The molecule has 5 heteroatoms. The minimum Gasteiger partial charge on any atom is -0.495 e. The van der Waals surface area contributed by atoms with Crippen molar-refractivity contribution in [2.75, 3.05) is 7.11 Å². The van der Waals surface area contributed by atoms with Crippen LogP contribution in [0.1, 0.15) is 10.5 Å². The highest BCUT2D eigenvalue weighted by atomic mass is 35.5. The van der Waals surface area contributed by atoms with Crippen LogP contribution in [0, 0.1) is 0 Å². The smallest absolute Gasteiger partial charge is 0.352 e. The second-order valence-electron chi connectivity index (χ2n) is 3.03. The van der Waals surface area contributed by atoms with Gasteiger partial charge in [-0.3, -0.25) is 0 Å². The van der Waals surface area contributed by atoms with Crippen LogP contribution in [0.4, 0.5) is 0 Å². The molecular formula is C10H8ClNO3. The summed E-state index contributed by atoms with van der Waals surface area (Å²) in [5.41, 5.74) is 0.693. The third kappa shape index (κ3) is 1.53. The van der Waals surface area contributed by atoms with Crippen LogP contribution in [-0.2, 0) is 0 Å². The van der Waals surface area contributed by atoms with E-state index in [1.807, 2.05) is 0 Å². The van der Waals surface area contributed by atoms with Crippen molar-refractivity contribution in [3.05, 3.63) is 28.9 Å². The molecule has 4 nitrogen and oxygen atoms in total. The van der Waals surface area contributed by atoms with Gasteiger partial charge in [-0.15, -0.1) is 0 Å². The summed E-state index contributed by atoms with van der Waals surface area (Å²) in [6.45, 7) is 0. The fourth-order valence-corrected chi connectivity index (χ4v) is 1.66. The van der Waals surface area contributed by atoms with Gasteiger partial charge in [0.05, 0.1) is 17.6 Å². The largest absolute Gasteiger partial charge is 0.495 e. The number of H-pyrrole nitrogens is 1. The number of fused-ring (bicyclic) bond motifs is 1. The predicted molar refractivity (Wildman–Crippen MR) is 56.8 cm³/mol. The van der Waals surface area contributed by atoms with Crippen LogP contribution in [0.25, 0.3) is 10.9 Å². The number of rotatable bonds is 2. The molecule has 0 atom stereocenters. The minimum absolute atomic E-state index is 0.0939. The average molecular weight is 226 g/mol. The number of benzene rings is 1. The number of hydrogen-bond donors (Lipinski definition) is 2. The van der Waals surface area contributed by atoms with Crippen LogP contribution in [-0.4, -0.2) is 23.2 Å². The molecule has 0 spiro atoms.